The summed E-state index contributed by atoms with van der Waals surface area (Å²) in [7, 11) is -3.23. The molecule has 224 valence electrons. The Morgan fingerprint density at radius 2 is 0.979 bits per heavy atom. The topological polar surface area (TPSA) is 33.1 Å². The standard InChI is InChI=1S/C44H29N3Si/c1-46-39-30-29-32(31-45)44(48(33-17-5-2-6-18-33,34-19-7-3-8-20-34)35-21-9-4-10-22-35)43(39)38-25-13-16-28-42(38)47-40-26-14-11-23-36(40)37-24-12-15-27-41(37)47/h2-30H. The van der Waals surface area contributed by atoms with E-state index in [0.29, 0.717) is 11.3 Å². The van der Waals surface area contributed by atoms with Crippen LogP contribution in [0.4, 0.5) is 5.69 Å². The van der Waals surface area contributed by atoms with Gasteiger partial charge in [-0.05, 0) is 50.1 Å². The van der Waals surface area contributed by atoms with Gasteiger partial charge in [-0.3, -0.25) is 0 Å². The highest BCUT2D eigenvalue weighted by atomic mass is 28.3. The van der Waals surface area contributed by atoms with E-state index in [1.54, 1.807) is 0 Å². The molecule has 0 N–H and O–H groups in total. The first kappa shape index (κ1) is 29.0. The highest BCUT2D eigenvalue weighted by Gasteiger charge is 2.45. The van der Waals surface area contributed by atoms with E-state index in [9.17, 15) is 5.26 Å². The van der Waals surface area contributed by atoms with Crippen molar-refractivity contribution in [2.45, 2.75) is 0 Å². The number of aromatic nitrogens is 1. The highest BCUT2D eigenvalue weighted by molar-refractivity contribution is 7.20. The molecule has 3 nitrogen and oxygen atoms in total. The van der Waals surface area contributed by atoms with Gasteiger partial charge in [0.05, 0.1) is 34.9 Å². The number of fused-ring (bicyclic) bond motifs is 3. The van der Waals surface area contributed by atoms with E-state index < -0.39 is 8.07 Å². The predicted octanol–water partition coefficient (Wildman–Crippen LogP) is 8.25. The van der Waals surface area contributed by atoms with Crippen LogP contribution < -0.4 is 20.7 Å². The lowest BCUT2D eigenvalue weighted by Crippen LogP contribution is -2.75. The smallest absolute Gasteiger partial charge is 0.194 e. The summed E-state index contributed by atoms with van der Waals surface area (Å²) in [5.74, 6) is 0. The number of rotatable bonds is 6. The minimum atomic E-state index is -3.23. The van der Waals surface area contributed by atoms with Crippen LogP contribution in [-0.4, -0.2) is 12.6 Å². The molecule has 1 heterocycles. The van der Waals surface area contributed by atoms with Crippen molar-refractivity contribution in [3.05, 3.63) is 193 Å². The van der Waals surface area contributed by atoms with Crippen molar-refractivity contribution in [3.8, 4) is 22.9 Å². The zero-order valence-electron chi connectivity index (χ0n) is 26.1. The lowest BCUT2D eigenvalue weighted by molar-refractivity contribution is 1.18. The summed E-state index contributed by atoms with van der Waals surface area (Å²) >= 11 is 0. The Morgan fingerprint density at radius 3 is 1.48 bits per heavy atom. The van der Waals surface area contributed by atoms with E-state index in [2.05, 4.69) is 155 Å². The molecule has 4 heteroatoms. The van der Waals surface area contributed by atoms with Crippen LogP contribution in [0, 0.1) is 17.9 Å². The average molecular weight is 628 g/mol. The number of benzene rings is 7. The Hall–Kier alpha value is -6.46. The normalized spacial score (nSPS) is 11.3. The monoisotopic (exact) mass is 627 g/mol. The Bertz CT molecular complexity index is 2370. The number of nitrogens with zero attached hydrogens (tertiary/aromatic N) is 3. The molecule has 0 radical (unpaired) electrons. The number of hydrogen-bond donors (Lipinski definition) is 0. The van der Waals surface area contributed by atoms with Gasteiger partial charge in [-0.1, -0.05) is 158 Å². The van der Waals surface area contributed by atoms with Crippen LogP contribution in [0.25, 0.3) is 43.5 Å². The first-order valence-electron chi connectivity index (χ1n) is 16.0. The van der Waals surface area contributed by atoms with Crippen LogP contribution in [-0.2, 0) is 0 Å². The molecule has 7 aromatic carbocycles. The van der Waals surface area contributed by atoms with Crippen molar-refractivity contribution < 1.29 is 0 Å². The van der Waals surface area contributed by atoms with Gasteiger partial charge >= 0.3 is 0 Å². The van der Waals surface area contributed by atoms with Crippen LogP contribution in [0.5, 0.6) is 0 Å². The molecule has 0 unspecified atom stereocenters. The van der Waals surface area contributed by atoms with E-state index in [-0.39, 0.29) is 0 Å². The molecule has 48 heavy (non-hydrogen) atoms. The SMILES string of the molecule is [C-]#[N+]c1ccc(C#N)c([Si](c2ccccc2)(c2ccccc2)c2ccccc2)c1-c1ccccc1-n1c2ccccc2c2ccccc21. The van der Waals surface area contributed by atoms with Gasteiger partial charge in [-0.25, -0.2) is 4.85 Å². The van der Waals surface area contributed by atoms with E-state index >= 15 is 0 Å². The van der Waals surface area contributed by atoms with Crippen LogP contribution in [0.3, 0.4) is 0 Å². The van der Waals surface area contributed by atoms with Gasteiger partial charge in [-0.15, -0.1) is 0 Å². The zero-order chi connectivity index (χ0) is 32.5. The summed E-state index contributed by atoms with van der Waals surface area (Å²) in [5, 5.41) is 17.7. The Labute approximate surface area is 281 Å². The minimum Gasteiger partial charge on any atom is -0.309 e. The third kappa shape index (κ3) is 4.40. The van der Waals surface area contributed by atoms with E-state index in [4.69, 9.17) is 6.57 Å². The second kappa shape index (κ2) is 12.0. The average Bonchev–Trinajstić information content (AvgIpc) is 3.50. The molecule has 0 atom stereocenters. The van der Waals surface area contributed by atoms with Gasteiger partial charge in [-0.2, -0.15) is 5.26 Å². The van der Waals surface area contributed by atoms with Crippen LogP contribution in [0.2, 0.25) is 0 Å². The van der Waals surface area contributed by atoms with Gasteiger partial charge < -0.3 is 4.57 Å². The summed E-state index contributed by atoms with van der Waals surface area (Å²) in [5.41, 5.74) is 5.98. The molecule has 8 rings (SSSR count). The Morgan fingerprint density at radius 1 is 0.521 bits per heavy atom. The van der Waals surface area contributed by atoms with Crippen LogP contribution >= 0.6 is 0 Å². The molecule has 0 spiro atoms. The fourth-order valence-corrected chi connectivity index (χ4v) is 12.6. The second-order valence-corrected chi connectivity index (χ2v) is 15.6. The van der Waals surface area contributed by atoms with Gasteiger partial charge in [0, 0.05) is 10.8 Å². The summed E-state index contributed by atoms with van der Waals surface area (Å²) < 4.78 is 2.31. The minimum absolute atomic E-state index is 0.525. The number of nitriles is 1. The highest BCUT2D eigenvalue weighted by Crippen LogP contribution is 2.39. The first-order chi connectivity index (χ1) is 23.8. The molecular weight excluding hydrogens is 599 g/mol. The fraction of sp³-hybridized carbons (Fsp3) is 0. The molecular formula is C44H29N3Si. The lowest BCUT2D eigenvalue weighted by atomic mass is 9.98. The largest absolute Gasteiger partial charge is 0.309 e. The van der Waals surface area contributed by atoms with E-state index in [0.717, 1.165) is 48.6 Å². The maximum atomic E-state index is 11.0. The molecule has 8 aromatic rings. The fourth-order valence-electron chi connectivity index (χ4n) is 7.50. The number of hydrogen-bond acceptors (Lipinski definition) is 1. The van der Waals surface area contributed by atoms with Crippen molar-refractivity contribution in [1.29, 1.82) is 5.26 Å². The van der Waals surface area contributed by atoms with Crippen LogP contribution in [0.15, 0.2) is 176 Å². The third-order valence-electron chi connectivity index (χ3n) is 9.41. The van der Waals surface area contributed by atoms with E-state index in [1.165, 1.54) is 10.8 Å². The Balaban J connectivity index is 1.59. The van der Waals surface area contributed by atoms with Gasteiger partial charge in [0.1, 0.15) is 0 Å². The van der Waals surface area contributed by atoms with Crippen molar-refractivity contribution >= 4 is 56.3 Å². The lowest BCUT2D eigenvalue weighted by Gasteiger charge is -2.37. The third-order valence-corrected chi connectivity index (χ3v) is 14.3. The Kier molecular flexibility index (Phi) is 7.27. The molecule has 0 saturated carbocycles. The molecule has 0 aliphatic heterocycles. The van der Waals surface area contributed by atoms with Crippen molar-refractivity contribution in [3.63, 3.8) is 0 Å². The quantitative estimate of drug-likeness (QED) is 0.104. The summed E-state index contributed by atoms with van der Waals surface area (Å²) in [4.78, 5) is 4.18. The van der Waals surface area contributed by atoms with Gasteiger partial charge in [0.15, 0.2) is 13.8 Å². The molecule has 0 amide bonds. The van der Waals surface area contributed by atoms with Crippen molar-refractivity contribution in [1.82, 2.24) is 4.57 Å². The summed E-state index contributed by atoms with van der Waals surface area (Å²) in [6.07, 6.45) is 0. The predicted molar refractivity (Wildman–Crippen MR) is 201 cm³/mol. The second-order valence-electron chi connectivity index (χ2n) is 11.8. The molecule has 0 fully saturated rings. The van der Waals surface area contributed by atoms with Crippen LogP contribution in [0.1, 0.15) is 5.56 Å². The summed E-state index contributed by atoms with van der Waals surface area (Å²) in [6, 6.07) is 63.4. The maximum absolute atomic E-state index is 11.0. The van der Waals surface area contributed by atoms with Gasteiger partial charge in [0.25, 0.3) is 0 Å². The van der Waals surface area contributed by atoms with Crippen molar-refractivity contribution in [2.75, 3.05) is 0 Å². The number of para-hydroxylation sites is 3. The molecule has 0 aliphatic rings. The van der Waals surface area contributed by atoms with Gasteiger partial charge in [0.2, 0.25) is 0 Å². The molecule has 0 saturated heterocycles. The zero-order valence-corrected chi connectivity index (χ0v) is 27.1. The van der Waals surface area contributed by atoms with Crippen molar-refractivity contribution in [2.24, 2.45) is 0 Å². The molecule has 1 aromatic heterocycles. The molecule has 0 aliphatic carbocycles. The molecule has 0 bridgehead atoms. The summed E-state index contributed by atoms with van der Waals surface area (Å²) in [6.45, 7) is 8.53. The first-order valence-corrected chi connectivity index (χ1v) is 18.0. The maximum Gasteiger partial charge on any atom is 0.194 e. The van der Waals surface area contributed by atoms with E-state index in [1.807, 2.05) is 36.4 Å².